The van der Waals surface area contributed by atoms with E-state index in [1.54, 1.807) is 0 Å². The summed E-state index contributed by atoms with van der Waals surface area (Å²) in [5.74, 6) is 0. The summed E-state index contributed by atoms with van der Waals surface area (Å²) < 4.78 is 10.2. The maximum absolute atomic E-state index is 12.0. The van der Waals surface area contributed by atoms with Crippen LogP contribution in [0.5, 0.6) is 0 Å². The molecular weight excluding hydrogens is 360 g/mol. The van der Waals surface area contributed by atoms with Crippen molar-refractivity contribution in [1.29, 1.82) is 0 Å². The van der Waals surface area contributed by atoms with E-state index < -0.39 is 80.5 Å². The molecule has 10 atom stereocenters. The molecule has 2 amide bonds. The van der Waals surface area contributed by atoms with Gasteiger partial charge in [-0.3, -0.25) is 0 Å². The average Bonchev–Trinajstić information content (AvgIpc) is 2.62. The summed E-state index contributed by atoms with van der Waals surface area (Å²) in [5.41, 5.74) is 0. The fraction of sp³-hybridized carbons (Fsp3) is 0.923. The topological polar surface area (TPSA) is 221 Å². The number of rotatable bonds is 4. The fourth-order valence-corrected chi connectivity index (χ4v) is 2.74. The zero-order valence-electron chi connectivity index (χ0n) is 13.5. The van der Waals surface area contributed by atoms with Crippen LogP contribution < -0.4 is 10.6 Å². The molecule has 0 aliphatic carbocycles. The average molecular weight is 384 g/mol. The maximum atomic E-state index is 12.0. The SMILES string of the molecule is O=C(N[C@H]1O[C@H](CO)[C@@H](O)[C@H](O)[C@@H]1O)N[C@H]1O[C@H](CO)[C@@H](O)[C@H](O)[C@@H]1O. The first-order valence-corrected chi connectivity index (χ1v) is 7.89. The van der Waals surface area contributed by atoms with Gasteiger partial charge in [-0.15, -0.1) is 0 Å². The highest BCUT2D eigenvalue weighted by molar-refractivity contribution is 5.74. The molecule has 26 heavy (non-hydrogen) atoms. The van der Waals surface area contributed by atoms with Crippen molar-refractivity contribution in [3.05, 3.63) is 0 Å². The zero-order valence-corrected chi connectivity index (χ0v) is 13.5. The van der Waals surface area contributed by atoms with Crippen molar-refractivity contribution in [2.45, 2.75) is 61.3 Å². The zero-order chi connectivity index (χ0) is 19.6. The Bertz CT molecular complexity index is 439. The van der Waals surface area contributed by atoms with E-state index in [0.29, 0.717) is 0 Å². The standard InChI is InChI=1S/C13H24N2O11/c16-1-3-5(18)7(20)9(22)11(25-3)14-13(24)15-12-10(23)8(21)6(19)4(2-17)26-12/h3-12,16-23H,1-2H2,(H2,14,15,24)/t3-,4-,5-,6-,7+,8+,9+,10+,11+,12+/m1/s1. The molecular formula is C13H24N2O11. The van der Waals surface area contributed by atoms with Crippen LogP contribution in [0.2, 0.25) is 0 Å². The first kappa shape index (κ1) is 21.2. The number of ether oxygens (including phenoxy) is 2. The monoisotopic (exact) mass is 384 g/mol. The predicted molar refractivity (Wildman–Crippen MR) is 79.2 cm³/mol. The van der Waals surface area contributed by atoms with Crippen LogP contribution in [-0.4, -0.2) is 121 Å². The quantitative estimate of drug-likeness (QED) is 0.220. The molecule has 0 spiro atoms. The van der Waals surface area contributed by atoms with E-state index in [2.05, 4.69) is 10.6 Å². The van der Waals surface area contributed by atoms with Crippen LogP contribution in [-0.2, 0) is 9.47 Å². The van der Waals surface area contributed by atoms with Gasteiger partial charge in [-0.05, 0) is 0 Å². The van der Waals surface area contributed by atoms with E-state index in [0.717, 1.165) is 0 Å². The third kappa shape index (κ3) is 4.23. The van der Waals surface area contributed by atoms with E-state index in [4.69, 9.17) is 19.7 Å². The molecule has 2 rings (SSSR count). The summed E-state index contributed by atoms with van der Waals surface area (Å²) in [6.45, 7) is -1.37. The highest BCUT2D eigenvalue weighted by Crippen LogP contribution is 2.21. The van der Waals surface area contributed by atoms with Crippen molar-refractivity contribution in [2.75, 3.05) is 13.2 Å². The minimum Gasteiger partial charge on any atom is -0.394 e. The van der Waals surface area contributed by atoms with E-state index in [9.17, 15) is 35.4 Å². The smallest absolute Gasteiger partial charge is 0.318 e. The number of hydrogen-bond acceptors (Lipinski definition) is 11. The number of carbonyl (C=O) groups is 1. The van der Waals surface area contributed by atoms with Gasteiger partial charge >= 0.3 is 6.03 Å². The van der Waals surface area contributed by atoms with E-state index in [1.807, 2.05) is 0 Å². The molecule has 152 valence electrons. The molecule has 0 bridgehead atoms. The Morgan fingerprint density at radius 1 is 0.654 bits per heavy atom. The van der Waals surface area contributed by atoms with Gasteiger partial charge in [0.25, 0.3) is 0 Å². The van der Waals surface area contributed by atoms with Gasteiger partial charge in [0.2, 0.25) is 0 Å². The number of amides is 2. The van der Waals surface area contributed by atoms with Crippen LogP contribution in [0.4, 0.5) is 4.79 Å². The molecule has 0 radical (unpaired) electrons. The van der Waals surface area contributed by atoms with E-state index in [1.165, 1.54) is 0 Å². The summed E-state index contributed by atoms with van der Waals surface area (Å²) in [4.78, 5) is 12.0. The summed E-state index contributed by atoms with van der Waals surface area (Å²) in [5, 5.41) is 80.7. The number of hydrogen-bond donors (Lipinski definition) is 10. The predicted octanol–water partition coefficient (Wildman–Crippen LogP) is -6.11. The van der Waals surface area contributed by atoms with Gasteiger partial charge in [0.15, 0.2) is 12.5 Å². The number of aliphatic hydroxyl groups excluding tert-OH is 8. The Morgan fingerprint density at radius 3 is 1.31 bits per heavy atom. The van der Waals surface area contributed by atoms with Gasteiger partial charge in [-0.1, -0.05) is 0 Å². The minimum absolute atomic E-state index is 0.683. The third-order valence-electron chi connectivity index (χ3n) is 4.33. The van der Waals surface area contributed by atoms with Crippen molar-refractivity contribution in [2.24, 2.45) is 0 Å². The Balaban J connectivity index is 1.97. The molecule has 0 saturated carbocycles. The van der Waals surface area contributed by atoms with Crippen molar-refractivity contribution in [3.63, 3.8) is 0 Å². The molecule has 0 aromatic heterocycles. The number of aliphatic hydroxyl groups is 8. The number of carbonyl (C=O) groups excluding carboxylic acids is 1. The van der Waals surface area contributed by atoms with Crippen molar-refractivity contribution in [1.82, 2.24) is 10.6 Å². The van der Waals surface area contributed by atoms with Gasteiger partial charge in [-0.2, -0.15) is 0 Å². The van der Waals surface area contributed by atoms with E-state index in [-0.39, 0.29) is 0 Å². The summed E-state index contributed by atoms with van der Waals surface area (Å²) in [7, 11) is 0. The third-order valence-corrected chi connectivity index (χ3v) is 4.33. The van der Waals surface area contributed by atoms with Crippen molar-refractivity contribution in [3.8, 4) is 0 Å². The first-order chi connectivity index (χ1) is 12.2. The molecule has 2 saturated heterocycles. The van der Waals surface area contributed by atoms with Crippen LogP contribution in [0.15, 0.2) is 0 Å². The van der Waals surface area contributed by atoms with Gasteiger partial charge in [-0.25, -0.2) is 4.79 Å². The van der Waals surface area contributed by atoms with Gasteiger partial charge in [0, 0.05) is 0 Å². The summed E-state index contributed by atoms with van der Waals surface area (Å²) in [6, 6.07) is -1.06. The molecule has 13 heteroatoms. The second-order valence-electron chi connectivity index (χ2n) is 6.12. The Labute approximate surface area is 147 Å². The molecule has 2 aliphatic heterocycles. The molecule has 13 nitrogen and oxygen atoms in total. The molecule has 0 aromatic rings. The fourth-order valence-electron chi connectivity index (χ4n) is 2.74. The summed E-state index contributed by atoms with van der Waals surface area (Å²) >= 11 is 0. The van der Waals surface area contributed by atoms with Gasteiger partial charge in [0.05, 0.1) is 13.2 Å². The van der Waals surface area contributed by atoms with Crippen LogP contribution in [0.25, 0.3) is 0 Å². The normalized spacial score (nSPS) is 46.6. The molecule has 10 N–H and O–H groups in total. The lowest BCUT2D eigenvalue weighted by Gasteiger charge is -2.41. The summed E-state index contributed by atoms with van der Waals surface area (Å²) in [6.07, 6.45) is -15.5. The van der Waals surface area contributed by atoms with Crippen LogP contribution >= 0.6 is 0 Å². The lowest BCUT2D eigenvalue weighted by molar-refractivity contribution is -0.237. The largest absolute Gasteiger partial charge is 0.394 e. The second kappa shape index (κ2) is 8.71. The molecule has 2 fully saturated rings. The first-order valence-electron chi connectivity index (χ1n) is 7.89. The Hall–Kier alpha value is -1.13. The van der Waals surface area contributed by atoms with Crippen LogP contribution in [0.3, 0.4) is 0 Å². The minimum atomic E-state index is -1.71. The molecule has 2 aliphatic rings. The van der Waals surface area contributed by atoms with Crippen LogP contribution in [0.1, 0.15) is 0 Å². The number of nitrogens with one attached hydrogen (secondary N) is 2. The van der Waals surface area contributed by atoms with Gasteiger partial charge in [0.1, 0.15) is 48.8 Å². The van der Waals surface area contributed by atoms with Crippen molar-refractivity contribution >= 4 is 6.03 Å². The molecule has 2 heterocycles. The van der Waals surface area contributed by atoms with E-state index >= 15 is 0 Å². The lowest BCUT2D eigenvalue weighted by atomic mass is 9.98. The van der Waals surface area contributed by atoms with Crippen LogP contribution in [0, 0.1) is 0 Å². The maximum Gasteiger partial charge on any atom is 0.318 e. The Kier molecular flexibility index (Phi) is 7.09. The van der Waals surface area contributed by atoms with Gasteiger partial charge < -0.3 is 61.0 Å². The second-order valence-corrected chi connectivity index (χ2v) is 6.12. The highest BCUT2D eigenvalue weighted by atomic mass is 16.6. The van der Waals surface area contributed by atoms with Crippen molar-refractivity contribution < 1.29 is 55.1 Å². The Morgan fingerprint density at radius 2 is 1.00 bits per heavy atom. The lowest BCUT2D eigenvalue weighted by Crippen LogP contribution is -2.67. The molecule has 0 aromatic carbocycles. The molecule has 0 unspecified atom stereocenters. The highest BCUT2D eigenvalue weighted by Gasteiger charge is 2.46. The number of urea groups is 1.